The molecule has 0 spiro atoms. The molecule has 3 rings (SSSR count). The molecule has 112 valence electrons. The highest BCUT2D eigenvalue weighted by Gasteiger charge is 2.19. The quantitative estimate of drug-likeness (QED) is 0.591. The van der Waals surface area contributed by atoms with Crippen molar-refractivity contribution in [2.24, 2.45) is 0 Å². The Bertz CT molecular complexity index is 608. The monoisotopic (exact) mass is 283 g/mol. The molecule has 0 unspecified atom stereocenters. The van der Waals surface area contributed by atoms with Crippen LogP contribution in [0.3, 0.4) is 0 Å². The minimum absolute atomic E-state index is 0.812. The summed E-state index contributed by atoms with van der Waals surface area (Å²) in [6.07, 6.45) is 10.5. The zero-order valence-corrected chi connectivity index (χ0v) is 12.9. The maximum Gasteiger partial charge on any atom is 0.113 e. The summed E-state index contributed by atoms with van der Waals surface area (Å²) in [5.74, 6) is 1.18. The van der Waals surface area contributed by atoms with Gasteiger partial charge in [-0.25, -0.2) is 4.98 Å². The van der Waals surface area contributed by atoms with Crippen molar-refractivity contribution >= 4 is 11.0 Å². The molecule has 1 fully saturated rings. The molecule has 1 heterocycles. The van der Waals surface area contributed by atoms with Crippen LogP contribution in [-0.2, 0) is 13.0 Å². The summed E-state index contributed by atoms with van der Waals surface area (Å²) in [6, 6.07) is 9.25. The minimum Gasteiger partial charge on any atom is -0.328 e. The first-order valence-corrected chi connectivity index (χ1v) is 8.21. The van der Waals surface area contributed by atoms with Gasteiger partial charge < -0.3 is 9.88 Å². The summed E-state index contributed by atoms with van der Waals surface area (Å²) in [5.41, 5.74) is 2.38. The van der Waals surface area contributed by atoms with Gasteiger partial charge in [0.2, 0.25) is 0 Å². The van der Waals surface area contributed by atoms with Crippen LogP contribution in [0.5, 0.6) is 0 Å². The summed E-state index contributed by atoms with van der Waals surface area (Å²) < 4.78 is 2.36. The Morgan fingerprint density at radius 3 is 2.95 bits per heavy atom. The molecule has 1 N–H and O–H groups in total. The molecule has 3 nitrogen and oxygen atoms in total. The molecule has 1 saturated carbocycles. The van der Waals surface area contributed by atoms with E-state index in [1.54, 1.807) is 0 Å². The van der Waals surface area contributed by atoms with Gasteiger partial charge in [-0.15, -0.1) is 0 Å². The Hall–Kier alpha value is -1.61. The molecular weight excluding hydrogens is 258 g/mol. The average Bonchev–Trinajstić information content (AvgIpc) is 3.26. The van der Waals surface area contributed by atoms with Crippen LogP contribution in [0, 0.1) is 0 Å². The first-order valence-electron chi connectivity index (χ1n) is 8.21. The number of nitrogens with one attached hydrogen (secondary N) is 1. The maximum absolute atomic E-state index is 4.78. The molecule has 21 heavy (non-hydrogen) atoms. The molecule has 0 radical (unpaired) electrons. The normalized spacial score (nSPS) is 15.3. The standard InChI is InChI=1S/C18H25N3/c1-2-14-21-17-9-6-5-8-16(17)20-18(21)10-4-3-7-13-19-15-11-12-15/h3-6,8-9,15,19H,2,7,10-14H2,1H3. The first kappa shape index (κ1) is 14.3. The molecule has 1 aliphatic carbocycles. The Balaban J connectivity index is 1.61. The zero-order valence-electron chi connectivity index (χ0n) is 12.9. The highest BCUT2D eigenvalue weighted by Crippen LogP contribution is 2.18. The molecule has 0 aliphatic heterocycles. The smallest absolute Gasteiger partial charge is 0.113 e. The number of allylic oxidation sites excluding steroid dienone is 1. The number of fused-ring (bicyclic) bond motifs is 1. The molecular formula is C18H25N3. The third kappa shape index (κ3) is 3.73. The van der Waals surface area contributed by atoms with E-state index in [1.807, 2.05) is 0 Å². The summed E-state index contributed by atoms with van der Waals surface area (Å²) >= 11 is 0. The van der Waals surface area contributed by atoms with Gasteiger partial charge in [-0.3, -0.25) is 0 Å². The molecule has 1 aromatic carbocycles. The lowest BCUT2D eigenvalue weighted by Gasteiger charge is -2.05. The van der Waals surface area contributed by atoms with Crippen LogP contribution in [0.25, 0.3) is 11.0 Å². The number of benzene rings is 1. The second kappa shape index (κ2) is 6.90. The highest BCUT2D eigenvalue weighted by atomic mass is 15.1. The van der Waals surface area contributed by atoms with Crippen molar-refractivity contribution in [2.75, 3.05) is 6.54 Å². The SMILES string of the molecule is CCCn1c(CC=CCCNC2CC2)nc2ccccc21. The highest BCUT2D eigenvalue weighted by molar-refractivity contribution is 5.75. The molecule has 3 heteroatoms. The fraction of sp³-hybridized carbons (Fsp3) is 0.500. The fourth-order valence-corrected chi connectivity index (χ4v) is 2.72. The Morgan fingerprint density at radius 1 is 1.29 bits per heavy atom. The van der Waals surface area contributed by atoms with E-state index in [1.165, 1.54) is 24.2 Å². The number of para-hydroxylation sites is 2. The average molecular weight is 283 g/mol. The molecule has 0 amide bonds. The third-order valence-electron chi connectivity index (χ3n) is 3.97. The predicted octanol–water partition coefficient (Wildman–Crippen LogP) is 3.69. The topological polar surface area (TPSA) is 29.9 Å². The lowest BCUT2D eigenvalue weighted by atomic mass is 10.3. The second-order valence-corrected chi connectivity index (χ2v) is 5.86. The van der Waals surface area contributed by atoms with Gasteiger partial charge >= 0.3 is 0 Å². The van der Waals surface area contributed by atoms with Gasteiger partial charge in [0, 0.05) is 19.0 Å². The third-order valence-corrected chi connectivity index (χ3v) is 3.97. The zero-order chi connectivity index (χ0) is 14.5. The summed E-state index contributed by atoms with van der Waals surface area (Å²) in [5, 5.41) is 3.54. The number of rotatable bonds is 8. The van der Waals surface area contributed by atoms with E-state index in [4.69, 9.17) is 4.98 Å². The van der Waals surface area contributed by atoms with Crippen LogP contribution in [0.4, 0.5) is 0 Å². The second-order valence-electron chi connectivity index (χ2n) is 5.86. The molecule has 0 atom stereocenters. The van der Waals surface area contributed by atoms with E-state index in [0.29, 0.717) is 0 Å². The van der Waals surface area contributed by atoms with Crippen molar-refractivity contribution in [3.05, 3.63) is 42.2 Å². The van der Waals surface area contributed by atoms with Crippen LogP contribution in [-0.4, -0.2) is 22.1 Å². The van der Waals surface area contributed by atoms with Gasteiger partial charge in [0.25, 0.3) is 0 Å². The Morgan fingerprint density at radius 2 is 2.14 bits per heavy atom. The number of aryl methyl sites for hydroxylation is 1. The van der Waals surface area contributed by atoms with E-state index in [2.05, 4.69) is 53.2 Å². The lowest BCUT2D eigenvalue weighted by Crippen LogP contribution is -2.16. The maximum atomic E-state index is 4.78. The molecule has 1 aliphatic rings. The van der Waals surface area contributed by atoms with Gasteiger partial charge in [0.15, 0.2) is 0 Å². The van der Waals surface area contributed by atoms with Crippen LogP contribution >= 0.6 is 0 Å². The number of imidazole rings is 1. The lowest BCUT2D eigenvalue weighted by molar-refractivity contribution is 0.665. The number of hydrogen-bond donors (Lipinski definition) is 1. The summed E-state index contributed by atoms with van der Waals surface area (Å²) in [6.45, 7) is 4.37. The largest absolute Gasteiger partial charge is 0.328 e. The molecule has 1 aromatic heterocycles. The van der Waals surface area contributed by atoms with Gasteiger partial charge in [-0.2, -0.15) is 0 Å². The van der Waals surface area contributed by atoms with E-state index < -0.39 is 0 Å². The van der Waals surface area contributed by atoms with E-state index >= 15 is 0 Å². The van der Waals surface area contributed by atoms with Crippen LogP contribution in [0.1, 0.15) is 38.4 Å². The van der Waals surface area contributed by atoms with Crippen molar-refractivity contribution in [1.82, 2.24) is 14.9 Å². The van der Waals surface area contributed by atoms with Crippen LogP contribution in [0.15, 0.2) is 36.4 Å². The van der Waals surface area contributed by atoms with Crippen molar-refractivity contribution < 1.29 is 0 Å². The van der Waals surface area contributed by atoms with Gasteiger partial charge in [-0.1, -0.05) is 31.2 Å². The number of hydrogen-bond acceptors (Lipinski definition) is 2. The van der Waals surface area contributed by atoms with E-state index in [9.17, 15) is 0 Å². The molecule has 0 saturated heterocycles. The predicted molar refractivity (Wildman–Crippen MR) is 88.5 cm³/mol. The Kier molecular flexibility index (Phi) is 4.71. The Labute approximate surface area is 127 Å². The number of nitrogens with zero attached hydrogens (tertiary/aromatic N) is 2. The van der Waals surface area contributed by atoms with Gasteiger partial charge in [-0.05, 0) is 44.4 Å². The number of aromatic nitrogens is 2. The van der Waals surface area contributed by atoms with Gasteiger partial charge in [0.05, 0.1) is 11.0 Å². The van der Waals surface area contributed by atoms with Crippen LogP contribution < -0.4 is 5.32 Å². The first-order chi connectivity index (χ1) is 10.4. The summed E-state index contributed by atoms with van der Waals surface area (Å²) in [7, 11) is 0. The minimum atomic E-state index is 0.812. The van der Waals surface area contributed by atoms with Crippen molar-refractivity contribution in [3.8, 4) is 0 Å². The van der Waals surface area contributed by atoms with E-state index in [-0.39, 0.29) is 0 Å². The van der Waals surface area contributed by atoms with Crippen molar-refractivity contribution in [1.29, 1.82) is 0 Å². The van der Waals surface area contributed by atoms with Crippen molar-refractivity contribution in [3.63, 3.8) is 0 Å². The summed E-state index contributed by atoms with van der Waals surface area (Å²) in [4.78, 5) is 4.78. The van der Waals surface area contributed by atoms with Gasteiger partial charge in [0.1, 0.15) is 5.82 Å². The van der Waals surface area contributed by atoms with Crippen molar-refractivity contribution in [2.45, 2.75) is 51.6 Å². The molecule has 0 bridgehead atoms. The van der Waals surface area contributed by atoms with E-state index in [0.717, 1.165) is 43.9 Å². The van der Waals surface area contributed by atoms with Crippen LogP contribution in [0.2, 0.25) is 0 Å². The molecule has 2 aromatic rings. The fourth-order valence-electron chi connectivity index (χ4n) is 2.72.